The minimum absolute atomic E-state index is 0.354. The van der Waals surface area contributed by atoms with Crippen LogP contribution in [-0.2, 0) is 24.7 Å². The van der Waals surface area contributed by atoms with Gasteiger partial charge in [0.2, 0.25) is 0 Å². The molecule has 0 saturated carbocycles. The number of hydrogen-bond acceptors (Lipinski definition) is 2. The van der Waals surface area contributed by atoms with Crippen LogP contribution in [0.1, 0.15) is 47.2 Å². The first-order valence-corrected chi connectivity index (χ1v) is 8.51. The highest BCUT2D eigenvalue weighted by atomic mass is 19.3. The number of nitrogen functional groups attached to an aromatic ring is 2. The van der Waals surface area contributed by atoms with Crippen molar-refractivity contribution in [3.63, 3.8) is 0 Å². The van der Waals surface area contributed by atoms with Gasteiger partial charge < -0.3 is 11.5 Å². The molecule has 2 rings (SSSR count). The summed E-state index contributed by atoms with van der Waals surface area (Å²) in [4.78, 5) is 0. The zero-order valence-corrected chi connectivity index (χ0v) is 15.4. The first-order chi connectivity index (χ1) is 12.0. The van der Waals surface area contributed by atoms with E-state index in [0.717, 1.165) is 24.3 Å². The predicted octanol–water partition coefficient (Wildman–Crippen LogP) is 5.48. The largest absolute Gasteiger partial charge is 0.398 e. The Morgan fingerprint density at radius 1 is 0.692 bits per heavy atom. The Balaban J connectivity index is 2.64. The average Bonchev–Trinajstić information content (AvgIpc) is 2.58. The molecule has 2 nitrogen and oxygen atoms in total. The van der Waals surface area contributed by atoms with Gasteiger partial charge in [-0.25, -0.2) is 0 Å². The Kier molecular flexibility index (Phi) is 5.26. The summed E-state index contributed by atoms with van der Waals surface area (Å²) in [6, 6.07) is 4.21. The van der Waals surface area contributed by atoms with Gasteiger partial charge in [0.05, 0.1) is 0 Å². The number of aryl methyl sites for hydroxylation is 4. The molecule has 0 spiro atoms. The second-order valence-corrected chi connectivity index (χ2v) is 6.59. The lowest BCUT2D eigenvalue weighted by molar-refractivity contribution is -0.223. The van der Waals surface area contributed by atoms with Gasteiger partial charge in [0.15, 0.2) is 0 Å². The molecule has 4 N–H and O–H groups in total. The summed E-state index contributed by atoms with van der Waals surface area (Å²) in [7, 11) is 0. The maximum absolute atomic E-state index is 14.9. The molecule has 0 amide bonds. The Morgan fingerprint density at radius 2 is 1.00 bits per heavy atom. The summed E-state index contributed by atoms with van der Waals surface area (Å²) in [5.74, 6) is -8.77. The molecule has 0 bridgehead atoms. The summed E-state index contributed by atoms with van der Waals surface area (Å²) >= 11 is 0. The van der Waals surface area contributed by atoms with Gasteiger partial charge in [0, 0.05) is 22.5 Å². The van der Waals surface area contributed by atoms with Crippen molar-refractivity contribution in [2.45, 2.75) is 52.4 Å². The quantitative estimate of drug-likeness (QED) is 0.543. The molecular weight excluding hydrogens is 344 g/mol. The Bertz CT molecular complexity index is 760. The van der Waals surface area contributed by atoms with Crippen molar-refractivity contribution < 1.29 is 17.6 Å². The van der Waals surface area contributed by atoms with E-state index >= 15 is 0 Å². The molecule has 0 aliphatic heterocycles. The number of anilines is 2. The highest BCUT2D eigenvalue weighted by Gasteiger charge is 2.58. The molecule has 0 aliphatic rings. The third-order valence-corrected chi connectivity index (χ3v) is 4.83. The molecule has 0 aliphatic carbocycles. The van der Waals surface area contributed by atoms with Crippen LogP contribution in [0.4, 0.5) is 28.9 Å². The molecule has 0 atom stereocenters. The summed E-state index contributed by atoms with van der Waals surface area (Å²) in [5, 5.41) is 0. The van der Waals surface area contributed by atoms with Crippen LogP contribution in [0.2, 0.25) is 0 Å². The lowest BCUT2D eigenvalue weighted by Gasteiger charge is -2.29. The molecule has 0 saturated heterocycles. The van der Waals surface area contributed by atoms with Crippen LogP contribution in [-0.4, -0.2) is 0 Å². The molecule has 6 heteroatoms. The van der Waals surface area contributed by atoms with Gasteiger partial charge in [-0.2, -0.15) is 17.6 Å². The molecule has 142 valence electrons. The highest BCUT2D eigenvalue weighted by molar-refractivity contribution is 5.58. The van der Waals surface area contributed by atoms with Crippen molar-refractivity contribution in [3.05, 3.63) is 57.6 Å². The van der Waals surface area contributed by atoms with Crippen molar-refractivity contribution in [2.24, 2.45) is 0 Å². The Morgan fingerprint density at radius 3 is 1.27 bits per heavy atom. The van der Waals surface area contributed by atoms with Crippen LogP contribution in [0.5, 0.6) is 0 Å². The third kappa shape index (κ3) is 3.13. The fourth-order valence-electron chi connectivity index (χ4n) is 3.05. The summed E-state index contributed by atoms with van der Waals surface area (Å²) in [5.41, 5.74) is 12.5. The first-order valence-electron chi connectivity index (χ1n) is 8.51. The lowest BCUT2D eigenvalue weighted by Crippen LogP contribution is -2.36. The van der Waals surface area contributed by atoms with E-state index in [-0.39, 0.29) is 0 Å². The smallest absolute Gasteiger partial charge is 0.339 e. The SMILES string of the molecule is CCc1cc(C(F)(F)C(F)(F)c2cc(C)c(N)c(CC)c2)cc(C)c1N. The highest BCUT2D eigenvalue weighted by Crippen LogP contribution is 2.51. The van der Waals surface area contributed by atoms with E-state index in [1.54, 1.807) is 13.8 Å². The second-order valence-electron chi connectivity index (χ2n) is 6.59. The number of benzene rings is 2. The first kappa shape index (κ1) is 20.1. The van der Waals surface area contributed by atoms with Gasteiger partial charge in [-0.3, -0.25) is 0 Å². The van der Waals surface area contributed by atoms with Gasteiger partial charge in [-0.15, -0.1) is 0 Å². The molecule has 0 aromatic heterocycles. The Hall–Kier alpha value is -2.24. The van der Waals surface area contributed by atoms with Crippen LogP contribution < -0.4 is 11.5 Å². The summed E-state index contributed by atoms with van der Waals surface area (Å²) in [6.45, 7) is 6.55. The normalized spacial score (nSPS) is 12.5. The van der Waals surface area contributed by atoms with Gasteiger partial charge in [-0.05, 0) is 73.2 Å². The summed E-state index contributed by atoms with van der Waals surface area (Å²) < 4.78 is 59.6. The zero-order chi connectivity index (χ0) is 19.9. The number of nitrogens with two attached hydrogens (primary N) is 2. The maximum atomic E-state index is 14.9. The van der Waals surface area contributed by atoms with E-state index in [2.05, 4.69) is 0 Å². The standard InChI is InChI=1S/C20H24F4N2/c1-5-13-9-15(7-11(3)17(13)25)19(21,22)20(23,24)16-8-12(4)18(26)14(6-2)10-16/h7-10H,5-6,25-26H2,1-4H3. The molecular formula is C20H24F4N2. The third-order valence-electron chi connectivity index (χ3n) is 4.83. The van der Waals surface area contributed by atoms with Gasteiger partial charge in [-0.1, -0.05) is 13.8 Å². The lowest BCUT2D eigenvalue weighted by atomic mass is 9.90. The van der Waals surface area contributed by atoms with Crippen LogP contribution in [0.3, 0.4) is 0 Å². The molecule has 0 radical (unpaired) electrons. The fraction of sp³-hybridized carbons (Fsp3) is 0.400. The fourth-order valence-corrected chi connectivity index (χ4v) is 3.05. The van der Waals surface area contributed by atoms with Crippen molar-refractivity contribution in [1.29, 1.82) is 0 Å². The van der Waals surface area contributed by atoms with E-state index in [4.69, 9.17) is 11.5 Å². The maximum Gasteiger partial charge on any atom is 0.339 e. The van der Waals surface area contributed by atoms with Gasteiger partial charge >= 0.3 is 11.8 Å². The number of halogens is 4. The van der Waals surface area contributed by atoms with Crippen LogP contribution in [0.15, 0.2) is 24.3 Å². The number of hydrogen-bond donors (Lipinski definition) is 2. The number of rotatable bonds is 5. The molecule has 0 heterocycles. The van der Waals surface area contributed by atoms with Crippen LogP contribution in [0, 0.1) is 13.8 Å². The van der Waals surface area contributed by atoms with E-state index in [0.29, 0.717) is 46.5 Å². The topological polar surface area (TPSA) is 52.0 Å². The zero-order valence-electron chi connectivity index (χ0n) is 15.4. The molecule has 2 aromatic rings. The average molecular weight is 368 g/mol. The minimum atomic E-state index is -4.39. The molecule has 2 aromatic carbocycles. The molecule has 26 heavy (non-hydrogen) atoms. The van der Waals surface area contributed by atoms with Crippen molar-refractivity contribution in [2.75, 3.05) is 11.5 Å². The second kappa shape index (κ2) is 6.82. The minimum Gasteiger partial charge on any atom is -0.398 e. The number of alkyl halides is 4. The van der Waals surface area contributed by atoms with Crippen molar-refractivity contribution >= 4 is 11.4 Å². The van der Waals surface area contributed by atoms with Gasteiger partial charge in [0.25, 0.3) is 0 Å². The van der Waals surface area contributed by atoms with Gasteiger partial charge in [0.1, 0.15) is 0 Å². The van der Waals surface area contributed by atoms with Crippen molar-refractivity contribution in [1.82, 2.24) is 0 Å². The van der Waals surface area contributed by atoms with Crippen LogP contribution >= 0.6 is 0 Å². The molecule has 0 fully saturated rings. The van der Waals surface area contributed by atoms with Crippen LogP contribution in [0.25, 0.3) is 0 Å². The van der Waals surface area contributed by atoms with E-state index in [1.165, 1.54) is 13.8 Å². The van der Waals surface area contributed by atoms with E-state index in [1.807, 2.05) is 0 Å². The Labute approximate surface area is 151 Å². The monoisotopic (exact) mass is 368 g/mol. The van der Waals surface area contributed by atoms with E-state index in [9.17, 15) is 17.6 Å². The molecule has 0 unspecified atom stereocenters. The van der Waals surface area contributed by atoms with E-state index < -0.39 is 23.0 Å². The van der Waals surface area contributed by atoms with Crippen molar-refractivity contribution in [3.8, 4) is 0 Å². The predicted molar refractivity (Wildman–Crippen MR) is 97.7 cm³/mol. The summed E-state index contributed by atoms with van der Waals surface area (Å²) in [6.07, 6.45) is 0.756.